The Balaban J connectivity index is 2.35. The van der Waals surface area contributed by atoms with E-state index in [1.165, 1.54) is 18.9 Å². The molecule has 1 aromatic rings. The van der Waals surface area contributed by atoms with Gasteiger partial charge in [0.05, 0.1) is 4.92 Å². The summed E-state index contributed by atoms with van der Waals surface area (Å²) < 4.78 is 0.632. The zero-order valence-corrected chi connectivity index (χ0v) is 12.1. The number of nitro groups is 1. The Bertz CT molecular complexity index is 461. The van der Waals surface area contributed by atoms with Crippen LogP contribution in [0.25, 0.3) is 0 Å². The Morgan fingerprint density at radius 1 is 1.61 bits per heavy atom. The maximum absolute atomic E-state index is 11.1. The lowest BCUT2D eigenvalue weighted by Crippen LogP contribution is -2.34. The van der Waals surface area contributed by atoms with Crippen molar-refractivity contribution in [3.05, 3.63) is 26.9 Å². The van der Waals surface area contributed by atoms with E-state index in [-0.39, 0.29) is 16.7 Å². The van der Waals surface area contributed by atoms with Crippen molar-refractivity contribution in [2.24, 2.45) is 5.92 Å². The molecular weight excluding hydrogens is 298 g/mol. The summed E-state index contributed by atoms with van der Waals surface area (Å²) >= 11 is 3.23. The fourth-order valence-electron chi connectivity index (χ4n) is 1.90. The fourth-order valence-corrected chi connectivity index (χ4v) is 2.22. The molecule has 0 atom stereocenters. The second-order valence-corrected chi connectivity index (χ2v) is 5.86. The SMILES string of the molecule is CC(C)N(CC1CC1)c1ncc(Br)cc1[N+](=O)[O-]. The first kappa shape index (κ1) is 13.3. The van der Waals surface area contributed by atoms with Crippen molar-refractivity contribution in [2.45, 2.75) is 32.7 Å². The van der Waals surface area contributed by atoms with E-state index in [4.69, 9.17) is 0 Å². The van der Waals surface area contributed by atoms with E-state index in [1.807, 2.05) is 18.7 Å². The third kappa shape index (κ3) is 2.98. The molecule has 1 aliphatic carbocycles. The van der Waals surface area contributed by atoms with Crippen molar-refractivity contribution in [1.29, 1.82) is 0 Å². The standard InChI is InChI=1S/C12H16BrN3O2/c1-8(2)15(7-9-3-4-9)12-11(16(17)18)5-10(13)6-14-12/h5-6,8-9H,3-4,7H2,1-2H3. The van der Waals surface area contributed by atoms with Gasteiger partial charge >= 0.3 is 5.69 Å². The Labute approximate surface area is 114 Å². The summed E-state index contributed by atoms with van der Waals surface area (Å²) in [5, 5.41) is 11.1. The lowest BCUT2D eigenvalue weighted by atomic mass is 10.2. The van der Waals surface area contributed by atoms with E-state index < -0.39 is 0 Å². The maximum Gasteiger partial charge on any atom is 0.312 e. The van der Waals surface area contributed by atoms with Crippen LogP contribution in [-0.4, -0.2) is 22.5 Å². The van der Waals surface area contributed by atoms with Crippen molar-refractivity contribution >= 4 is 27.4 Å². The number of hydrogen-bond acceptors (Lipinski definition) is 4. The summed E-state index contributed by atoms with van der Waals surface area (Å²) in [5.74, 6) is 1.14. The topological polar surface area (TPSA) is 59.3 Å². The van der Waals surface area contributed by atoms with Crippen LogP contribution < -0.4 is 4.90 Å². The second kappa shape index (κ2) is 5.22. The van der Waals surface area contributed by atoms with Gasteiger partial charge in [0.1, 0.15) is 0 Å². The average molecular weight is 314 g/mol. The van der Waals surface area contributed by atoms with Crippen molar-refractivity contribution in [3.8, 4) is 0 Å². The van der Waals surface area contributed by atoms with Gasteiger partial charge in [-0.25, -0.2) is 4.98 Å². The van der Waals surface area contributed by atoms with Gasteiger partial charge in [-0.3, -0.25) is 10.1 Å². The lowest BCUT2D eigenvalue weighted by molar-refractivity contribution is -0.384. The number of aromatic nitrogens is 1. The third-order valence-corrected chi connectivity index (χ3v) is 3.49. The fraction of sp³-hybridized carbons (Fsp3) is 0.583. The molecular formula is C12H16BrN3O2. The van der Waals surface area contributed by atoms with Crippen LogP contribution in [0.1, 0.15) is 26.7 Å². The predicted molar refractivity (Wildman–Crippen MR) is 73.8 cm³/mol. The third-order valence-electron chi connectivity index (χ3n) is 3.06. The normalized spacial score (nSPS) is 14.9. The van der Waals surface area contributed by atoms with Gasteiger partial charge in [-0.15, -0.1) is 0 Å². The van der Waals surface area contributed by atoms with Crippen LogP contribution in [0.3, 0.4) is 0 Å². The van der Waals surface area contributed by atoms with Crippen LogP contribution in [0.15, 0.2) is 16.7 Å². The quantitative estimate of drug-likeness (QED) is 0.617. The van der Waals surface area contributed by atoms with Crippen molar-refractivity contribution in [1.82, 2.24) is 4.98 Å². The molecule has 5 nitrogen and oxygen atoms in total. The molecule has 0 N–H and O–H groups in total. The smallest absolute Gasteiger partial charge is 0.312 e. The van der Waals surface area contributed by atoms with Crippen LogP contribution in [0.2, 0.25) is 0 Å². The molecule has 2 rings (SSSR count). The highest BCUT2D eigenvalue weighted by Crippen LogP contribution is 2.35. The minimum absolute atomic E-state index is 0.0683. The first-order valence-corrected chi connectivity index (χ1v) is 6.85. The summed E-state index contributed by atoms with van der Waals surface area (Å²) in [7, 11) is 0. The number of anilines is 1. The molecule has 0 aromatic carbocycles. The summed E-state index contributed by atoms with van der Waals surface area (Å²) in [5.41, 5.74) is 0.0683. The minimum atomic E-state index is -0.366. The van der Waals surface area contributed by atoms with Crippen LogP contribution >= 0.6 is 15.9 Å². The van der Waals surface area contributed by atoms with E-state index in [1.54, 1.807) is 6.20 Å². The van der Waals surface area contributed by atoms with E-state index in [0.717, 1.165) is 6.54 Å². The zero-order chi connectivity index (χ0) is 13.3. The first-order chi connectivity index (χ1) is 8.49. The number of hydrogen-bond donors (Lipinski definition) is 0. The molecule has 0 radical (unpaired) electrons. The predicted octanol–water partition coefficient (Wildman–Crippen LogP) is 3.38. The van der Waals surface area contributed by atoms with Crippen molar-refractivity contribution < 1.29 is 4.92 Å². The van der Waals surface area contributed by atoms with E-state index in [9.17, 15) is 10.1 Å². The van der Waals surface area contributed by atoms with Gasteiger partial charge in [0.25, 0.3) is 0 Å². The van der Waals surface area contributed by atoms with Crippen LogP contribution in [-0.2, 0) is 0 Å². The molecule has 6 heteroatoms. The molecule has 1 saturated carbocycles. The number of pyridine rings is 1. The highest BCUT2D eigenvalue weighted by atomic mass is 79.9. The molecule has 1 fully saturated rings. The second-order valence-electron chi connectivity index (χ2n) is 4.94. The molecule has 98 valence electrons. The molecule has 0 aliphatic heterocycles. The van der Waals surface area contributed by atoms with E-state index in [2.05, 4.69) is 20.9 Å². The van der Waals surface area contributed by atoms with Crippen LogP contribution in [0.4, 0.5) is 11.5 Å². The van der Waals surface area contributed by atoms with Crippen LogP contribution in [0.5, 0.6) is 0 Å². The van der Waals surface area contributed by atoms with E-state index in [0.29, 0.717) is 16.2 Å². The molecule has 0 amide bonds. The summed E-state index contributed by atoms with van der Waals surface area (Å²) in [6.45, 7) is 4.93. The van der Waals surface area contributed by atoms with Gasteiger partial charge in [-0.2, -0.15) is 0 Å². The van der Waals surface area contributed by atoms with Gasteiger partial charge in [0.15, 0.2) is 0 Å². The van der Waals surface area contributed by atoms with Crippen molar-refractivity contribution in [2.75, 3.05) is 11.4 Å². The monoisotopic (exact) mass is 313 g/mol. The number of nitrogens with zero attached hydrogens (tertiary/aromatic N) is 3. The zero-order valence-electron chi connectivity index (χ0n) is 10.5. The highest BCUT2D eigenvalue weighted by molar-refractivity contribution is 9.10. The molecule has 0 bridgehead atoms. The highest BCUT2D eigenvalue weighted by Gasteiger charge is 2.30. The van der Waals surface area contributed by atoms with Crippen molar-refractivity contribution in [3.63, 3.8) is 0 Å². The number of halogens is 1. The molecule has 1 aromatic heterocycles. The lowest BCUT2D eigenvalue weighted by Gasteiger charge is -2.27. The Morgan fingerprint density at radius 3 is 2.78 bits per heavy atom. The first-order valence-electron chi connectivity index (χ1n) is 6.05. The molecule has 0 saturated heterocycles. The minimum Gasteiger partial charge on any atom is -0.348 e. The molecule has 0 unspecified atom stereocenters. The Hall–Kier alpha value is -1.17. The summed E-state index contributed by atoms with van der Waals surface area (Å²) in [6.07, 6.45) is 4.05. The van der Waals surface area contributed by atoms with E-state index >= 15 is 0 Å². The Morgan fingerprint density at radius 2 is 2.28 bits per heavy atom. The van der Waals surface area contributed by atoms with Gasteiger partial charge in [-0.1, -0.05) is 0 Å². The van der Waals surface area contributed by atoms with Gasteiger partial charge < -0.3 is 4.90 Å². The van der Waals surface area contributed by atoms with Gasteiger partial charge in [0.2, 0.25) is 5.82 Å². The van der Waals surface area contributed by atoms with Crippen LogP contribution in [0, 0.1) is 16.0 Å². The van der Waals surface area contributed by atoms with Gasteiger partial charge in [-0.05, 0) is 48.5 Å². The molecule has 0 spiro atoms. The largest absolute Gasteiger partial charge is 0.348 e. The number of rotatable bonds is 5. The summed E-state index contributed by atoms with van der Waals surface area (Å²) in [6, 6.07) is 1.72. The molecule has 1 heterocycles. The molecule has 18 heavy (non-hydrogen) atoms. The average Bonchev–Trinajstić information content (AvgIpc) is 3.09. The summed E-state index contributed by atoms with van der Waals surface area (Å²) in [4.78, 5) is 17.0. The maximum atomic E-state index is 11.1. The Kier molecular flexibility index (Phi) is 3.85. The molecule has 1 aliphatic rings. The van der Waals surface area contributed by atoms with Gasteiger partial charge in [0, 0.05) is 29.3 Å².